The second-order valence-electron chi connectivity index (χ2n) is 6.25. The van der Waals surface area contributed by atoms with Gasteiger partial charge in [0.25, 0.3) is 0 Å². The lowest BCUT2D eigenvalue weighted by Gasteiger charge is -2.29. The number of carbonyl (C=O) groups excluding carboxylic acids is 2. The van der Waals surface area contributed by atoms with E-state index in [0.29, 0.717) is 0 Å². The molecule has 2 aromatic rings. The smallest absolute Gasteiger partial charge is 0.338 e. The SMILES string of the molecule is COC(=O)C1=C(C(=O)OC)[C@]2(SC)O[C@@]1(c1ccccc1)c1ccccc12. The van der Waals surface area contributed by atoms with Gasteiger partial charge in [-0.15, -0.1) is 11.8 Å². The van der Waals surface area contributed by atoms with Crippen LogP contribution in [-0.4, -0.2) is 32.4 Å². The van der Waals surface area contributed by atoms with E-state index in [0.717, 1.165) is 16.7 Å². The molecule has 0 radical (unpaired) electrons. The average Bonchev–Trinajstić information content (AvgIpc) is 3.22. The lowest BCUT2D eigenvalue weighted by molar-refractivity contribution is -0.139. The maximum Gasteiger partial charge on any atom is 0.338 e. The fraction of sp³-hybridized carbons (Fsp3) is 0.238. The molecule has 2 bridgehead atoms. The molecule has 138 valence electrons. The first-order valence-corrected chi connectivity index (χ1v) is 9.62. The standard InChI is InChI=1S/C21H18O5S/c1-24-18(22)16-17(19(23)25-2)21(27-3)15-12-8-7-11-14(15)20(16,26-21)13-9-5-4-6-10-13/h4-12H,1-3H3/t20-,21-/m0/s1. The van der Waals surface area contributed by atoms with Crippen molar-refractivity contribution >= 4 is 23.7 Å². The molecule has 0 N–H and O–H groups in total. The summed E-state index contributed by atoms with van der Waals surface area (Å²) in [5.74, 6) is -1.21. The largest absolute Gasteiger partial charge is 0.466 e. The molecule has 2 aliphatic rings. The predicted octanol–water partition coefficient (Wildman–Crippen LogP) is 3.13. The van der Waals surface area contributed by atoms with Crippen molar-refractivity contribution in [3.63, 3.8) is 0 Å². The van der Waals surface area contributed by atoms with Gasteiger partial charge in [0.15, 0.2) is 10.5 Å². The maximum atomic E-state index is 12.9. The Bertz CT molecular complexity index is 968. The lowest BCUT2D eigenvalue weighted by Crippen LogP contribution is -2.34. The molecule has 4 rings (SSSR count). The van der Waals surface area contributed by atoms with E-state index in [1.54, 1.807) is 0 Å². The van der Waals surface area contributed by atoms with E-state index >= 15 is 0 Å². The molecular formula is C21H18O5S. The van der Waals surface area contributed by atoms with Gasteiger partial charge in [0, 0.05) is 11.1 Å². The van der Waals surface area contributed by atoms with E-state index in [1.165, 1.54) is 26.0 Å². The van der Waals surface area contributed by atoms with Crippen molar-refractivity contribution in [2.24, 2.45) is 0 Å². The monoisotopic (exact) mass is 382 g/mol. The third kappa shape index (κ3) is 2.11. The number of hydrogen-bond acceptors (Lipinski definition) is 6. The van der Waals surface area contributed by atoms with E-state index in [9.17, 15) is 9.59 Å². The van der Waals surface area contributed by atoms with Crippen molar-refractivity contribution in [1.82, 2.24) is 0 Å². The van der Waals surface area contributed by atoms with E-state index in [4.69, 9.17) is 14.2 Å². The van der Waals surface area contributed by atoms with Gasteiger partial charge in [-0.25, -0.2) is 9.59 Å². The number of rotatable bonds is 4. The molecule has 0 saturated heterocycles. The van der Waals surface area contributed by atoms with E-state index in [2.05, 4.69) is 0 Å². The molecule has 0 spiro atoms. The summed E-state index contributed by atoms with van der Waals surface area (Å²) in [5, 5.41) is 0. The molecule has 6 heteroatoms. The van der Waals surface area contributed by atoms with Crippen LogP contribution in [0.2, 0.25) is 0 Å². The molecule has 0 aliphatic carbocycles. The fourth-order valence-electron chi connectivity index (χ4n) is 4.09. The van der Waals surface area contributed by atoms with E-state index in [1.807, 2.05) is 60.9 Å². The van der Waals surface area contributed by atoms with E-state index in [-0.39, 0.29) is 11.1 Å². The van der Waals surface area contributed by atoms with Gasteiger partial charge < -0.3 is 14.2 Å². The zero-order chi connectivity index (χ0) is 19.2. The molecule has 2 atom stereocenters. The zero-order valence-corrected chi connectivity index (χ0v) is 16.0. The van der Waals surface area contributed by atoms with Gasteiger partial charge in [0.05, 0.1) is 25.4 Å². The number of carbonyl (C=O) groups is 2. The predicted molar refractivity (Wildman–Crippen MR) is 101 cm³/mol. The maximum absolute atomic E-state index is 12.9. The summed E-state index contributed by atoms with van der Waals surface area (Å²) >= 11 is 1.35. The Labute approximate surface area is 161 Å². The third-order valence-electron chi connectivity index (χ3n) is 5.14. The number of esters is 2. The van der Waals surface area contributed by atoms with Crippen LogP contribution in [0.25, 0.3) is 0 Å². The number of methoxy groups -OCH3 is 2. The molecule has 2 heterocycles. The molecule has 2 aromatic carbocycles. The summed E-state index contributed by atoms with van der Waals surface area (Å²) in [6, 6.07) is 17.1. The number of benzene rings is 2. The Kier molecular flexibility index (Phi) is 4.13. The van der Waals surface area contributed by atoms with Crippen molar-refractivity contribution in [2.75, 3.05) is 20.5 Å². The van der Waals surface area contributed by atoms with Gasteiger partial charge in [-0.3, -0.25) is 0 Å². The average molecular weight is 382 g/mol. The Morgan fingerprint density at radius 3 is 2.00 bits per heavy atom. The second kappa shape index (κ2) is 6.25. The van der Waals surface area contributed by atoms with Gasteiger partial charge in [-0.2, -0.15) is 0 Å². The second-order valence-corrected chi connectivity index (χ2v) is 7.23. The Balaban J connectivity index is 2.16. The van der Waals surface area contributed by atoms with Crippen molar-refractivity contribution in [3.8, 4) is 0 Å². The molecule has 2 aliphatic heterocycles. The summed E-state index contributed by atoms with van der Waals surface area (Å²) in [6.07, 6.45) is 1.85. The van der Waals surface area contributed by atoms with Crippen molar-refractivity contribution in [2.45, 2.75) is 10.5 Å². The quantitative estimate of drug-likeness (QED) is 0.757. The Hall–Kier alpha value is -2.57. The highest BCUT2D eigenvalue weighted by Gasteiger charge is 2.68. The van der Waals surface area contributed by atoms with Crippen LogP contribution in [0.3, 0.4) is 0 Å². The number of ether oxygens (including phenoxy) is 3. The summed E-state index contributed by atoms with van der Waals surface area (Å²) in [7, 11) is 2.60. The Morgan fingerprint density at radius 2 is 1.41 bits per heavy atom. The fourth-order valence-corrected chi connectivity index (χ4v) is 5.08. The zero-order valence-electron chi connectivity index (χ0n) is 15.1. The molecule has 0 fully saturated rings. The summed E-state index contributed by atoms with van der Waals surface area (Å²) in [5.41, 5.74) is 1.57. The Morgan fingerprint density at radius 1 is 0.852 bits per heavy atom. The minimum Gasteiger partial charge on any atom is -0.466 e. The van der Waals surface area contributed by atoms with Gasteiger partial charge in [0.2, 0.25) is 0 Å². The molecule has 27 heavy (non-hydrogen) atoms. The van der Waals surface area contributed by atoms with Crippen LogP contribution in [0, 0.1) is 0 Å². The first-order chi connectivity index (χ1) is 13.1. The topological polar surface area (TPSA) is 61.8 Å². The van der Waals surface area contributed by atoms with Gasteiger partial charge >= 0.3 is 11.9 Å². The normalized spacial score (nSPS) is 25.3. The number of hydrogen-bond donors (Lipinski definition) is 0. The van der Waals surface area contributed by atoms with Crippen LogP contribution < -0.4 is 0 Å². The van der Waals surface area contributed by atoms with Crippen LogP contribution in [0.4, 0.5) is 0 Å². The molecule has 5 nitrogen and oxygen atoms in total. The van der Waals surface area contributed by atoms with Crippen molar-refractivity contribution in [3.05, 3.63) is 82.4 Å². The van der Waals surface area contributed by atoms with Crippen LogP contribution in [-0.2, 0) is 34.3 Å². The number of thioether (sulfide) groups is 1. The molecule has 0 aromatic heterocycles. The minimum atomic E-state index is -1.22. The van der Waals surface area contributed by atoms with Gasteiger partial charge in [-0.1, -0.05) is 54.6 Å². The summed E-state index contributed by atoms with van der Waals surface area (Å²) in [6.45, 7) is 0. The van der Waals surface area contributed by atoms with Crippen LogP contribution in [0.15, 0.2) is 65.7 Å². The molecular weight excluding hydrogens is 364 g/mol. The molecule has 0 saturated carbocycles. The highest BCUT2D eigenvalue weighted by molar-refractivity contribution is 7.99. The molecule has 0 amide bonds. The van der Waals surface area contributed by atoms with Crippen LogP contribution in [0.5, 0.6) is 0 Å². The van der Waals surface area contributed by atoms with Gasteiger partial charge in [0.1, 0.15) is 0 Å². The van der Waals surface area contributed by atoms with E-state index < -0.39 is 22.5 Å². The van der Waals surface area contributed by atoms with Crippen LogP contribution in [0.1, 0.15) is 16.7 Å². The lowest BCUT2D eigenvalue weighted by atomic mass is 9.73. The van der Waals surface area contributed by atoms with Crippen LogP contribution >= 0.6 is 11.8 Å². The first-order valence-electron chi connectivity index (χ1n) is 8.39. The summed E-state index contributed by atoms with van der Waals surface area (Å²) < 4.78 is 16.7. The highest BCUT2D eigenvalue weighted by Crippen LogP contribution is 2.67. The van der Waals surface area contributed by atoms with Gasteiger partial charge in [-0.05, 0) is 11.8 Å². The van der Waals surface area contributed by atoms with Crippen molar-refractivity contribution < 1.29 is 23.8 Å². The van der Waals surface area contributed by atoms with Crippen molar-refractivity contribution in [1.29, 1.82) is 0 Å². The first kappa shape index (κ1) is 17.8. The highest BCUT2D eigenvalue weighted by atomic mass is 32.2. The molecule has 0 unspecified atom stereocenters. The number of fused-ring (bicyclic) bond motifs is 5. The minimum absolute atomic E-state index is 0.177. The third-order valence-corrected chi connectivity index (χ3v) is 6.22. The summed E-state index contributed by atoms with van der Waals surface area (Å²) in [4.78, 5) is 24.6.